The number of ether oxygens (including phenoxy) is 1. The quantitative estimate of drug-likeness (QED) is 0.503. The van der Waals surface area contributed by atoms with E-state index in [-0.39, 0.29) is 12.5 Å². The number of hydrogen-bond acceptors (Lipinski definition) is 4. The van der Waals surface area contributed by atoms with Gasteiger partial charge < -0.3 is 15.8 Å². The Morgan fingerprint density at radius 3 is 2.83 bits per heavy atom. The number of carbonyl (C=O) groups excluding carboxylic acids is 2. The Bertz CT molecular complexity index is 187. The Hall–Kier alpha value is -0.940. The van der Waals surface area contributed by atoms with Crippen molar-refractivity contribution in [1.29, 1.82) is 0 Å². The maximum Gasteiger partial charge on any atom is 0.284 e. The smallest absolute Gasteiger partial charge is 0.284 e. The number of morpholine rings is 1. The van der Waals surface area contributed by atoms with E-state index in [9.17, 15) is 9.59 Å². The summed E-state index contributed by atoms with van der Waals surface area (Å²) in [5.41, 5.74) is 4.79. The van der Waals surface area contributed by atoms with Gasteiger partial charge in [0.1, 0.15) is 0 Å². The lowest BCUT2D eigenvalue weighted by molar-refractivity contribution is -0.138. The van der Waals surface area contributed by atoms with Crippen LogP contribution in [-0.4, -0.2) is 37.5 Å². The molecular weight excluding hydrogens is 160 g/mol. The van der Waals surface area contributed by atoms with Gasteiger partial charge in [0.15, 0.2) is 0 Å². The molecule has 1 aliphatic rings. The van der Waals surface area contributed by atoms with Crippen molar-refractivity contribution in [3.05, 3.63) is 0 Å². The molecule has 68 valence electrons. The first-order chi connectivity index (χ1) is 5.70. The fourth-order valence-corrected chi connectivity index (χ4v) is 1.06. The summed E-state index contributed by atoms with van der Waals surface area (Å²) in [6.07, 6.45) is -0.110. The van der Waals surface area contributed by atoms with Crippen LogP contribution in [0.15, 0.2) is 0 Å². The van der Waals surface area contributed by atoms with Crippen LogP contribution < -0.4 is 11.1 Å². The summed E-state index contributed by atoms with van der Waals surface area (Å²) in [7, 11) is 0. The molecule has 0 spiro atoms. The molecule has 1 fully saturated rings. The van der Waals surface area contributed by atoms with E-state index in [0.29, 0.717) is 13.2 Å². The Kier molecular flexibility index (Phi) is 3.19. The van der Waals surface area contributed by atoms with Crippen molar-refractivity contribution < 1.29 is 14.3 Å². The summed E-state index contributed by atoms with van der Waals surface area (Å²) < 4.78 is 5.21. The van der Waals surface area contributed by atoms with Gasteiger partial charge >= 0.3 is 0 Å². The number of nitrogens with two attached hydrogens (primary N) is 1. The van der Waals surface area contributed by atoms with Gasteiger partial charge in [0.25, 0.3) is 5.91 Å². The monoisotopic (exact) mass is 172 g/mol. The molecule has 5 heteroatoms. The predicted molar refractivity (Wildman–Crippen MR) is 41.4 cm³/mol. The second-order valence-corrected chi connectivity index (χ2v) is 2.69. The van der Waals surface area contributed by atoms with Crippen LogP contribution >= 0.6 is 0 Å². The van der Waals surface area contributed by atoms with Crippen LogP contribution in [0.25, 0.3) is 0 Å². The van der Waals surface area contributed by atoms with Gasteiger partial charge in [-0.15, -0.1) is 0 Å². The Morgan fingerprint density at radius 1 is 1.58 bits per heavy atom. The van der Waals surface area contributed by atoms with Crippen molar-refractivity contribution in [1.82, 2.24) is 5.32 Å². The van der Waals surface area contributed by atoms with Gasteiger partial charge in [-0.2, -0.15) is 0 Å². The highest BCUT2D eigenvalue weighted by Crippen LogP contribution is 2.01. The van der Waals surface area contributed by atoms with Crippen molar-refractivity contribution in [2.24, 2.45) is 5.73 Å². The van der Waals surface area contributed by atoms with E-state index < -0.39 is 11.7 Å². The van der Waals surface area contributed by atoms with Crippen molar-refractivity contribution in [3.63, 3.8) is 0 Å². The molecule has 0 radical (unpaired) electrons. The normalized spacial score (nSPS) is 23.5. The average Bonchev–Trinajstić information content (AvgIpc) is 2.06. The number of nitrogens with one attached hydrogen (secondary N) is 1. The maximum absolute atomic E-state index is 10.8. The van der Waals surface area contributed by atoms with Gasteiger partial charge in [0.2, 0.25) is 5.78 Å². The van der Waals surface area contributed by atoms with Crippen LogP contribution in [0.5, 0.6) is 0 Å². The lowest BCUT2D eigenvalue weighted by Crippen LogP contribution is -2.41. The molecule has 0 aromatic carbocycles. The number of amides is 1. The van der Waals surface area contributed by atoms with Crippen molar-refractivity contribution in [3.8, 4) is 0 Å². The maximum atomic E-state index is 10.8. The predicted octanol–water partition coefficient (Wildman–Crippen LogP) is -1.58. The van der Waals surface area contributed by atoms with E-state index in [0.717, 1.165) is 6.54 Å². The highest BCUT2D eigenvalue weighted by Gasteiger charge is 2.19. The molecule has 1 saturated heterocycles. The number of carbonyl (C=O) groups is 2. The summed E-state index contributed by atoms with van der Waals surface area (Å²) in [4.78, 5) is 21.2. The van der Waals surface area contributed by atoms with Gasteiger partial charge in [0, 0.05) is 19.5 Å². The molecule has 0 aliphatic carbocycles. The first-order valence-electron chi connectivity index (χ1n) is 3.85. The van der Waals surface area contributed by atoms with E-state index >= 15 is 0 Å². The minimum absolute atomic E-state index is 0.0856. The van der Waals surface area contributed by atoms with Gasteiger partial charge in [0.05, 0.1) is 12.7 Å². The zero-order valence-corrected chi connectivity index (χ0v) is 6.71. The first kappa shape index (κ1) is 9.15. The minimum atomic E-state index is -0.885. The van der Waals surface area contributed by atoms with Crippen molar-refractivity contribution >= 4 is 11.7 Å². The fraction of sp³-hybridized carbons (Fsp3) is 0.714. The summed E-state index contributed by atoms with van der Waals surface area (Å²) in [6, 6.07) is 0. The molecule has 1 heterocycles. The van der Waals surface area contributed by atoms with Crippen molar-refractivity contribution in [2.75, 3.05) is 19.7 Å². The molecule has 0 saturated carbocycles. The summed E-state index contributed by atoms with van der Waals surface area (Å²) in [5.74, 6) is -1.45. The third-order valence-electron chi connectivity index (χ3n) is 1.69. The van der Waals surface area contributed by atoms with Gasteiger partial charge in [-0.05, 0) is 0 Å². The number of Topliss-reactive ketones (excluding diaryl/α,β-unsaturated/α-hetero) is 1. The van der Waals surface area contributed by atoms with Crippen LogP contribution in [0, 0.1) is 0 Å². The number of primary amides is 1. The standard InChI is InChI=1S/C7H12N2O3/c8-7(11)6(10)3-5-4-9-1-2-12-5/h5,9H,1-4H2,(H2,8,11). The van der Waals surface area contributed by atoms with Crippen LogP contribution in [-0.2, 0) is 14.3 Å². The summed E-state index contributed by atoms with van der Waals surface area (Å²) >= 11 is 0. The third-order valence-corrected chi connectivity index (χ3v) is 1.69. The van der Waals surface area contributed by atoms with E-state index in [1.165, 1.54) is 0 Å². The van der Waals surface area contributed by atoms with Gasteiger partial charge in [-0.1, -0.05) is 0 Å². The largest absolute Gasteiger partial charge is 0.375 e. The highest BCUT2D eigenvalue weighted by molar-refractivity contribution is 6.35. The molecule has 0 aromatic rings. The summed E-state index contributed by atoms with van der Waals surface area (Å²) in [5, 5.41) is 3.05. The molecule has 1 unspecified atom stereocenters. The van der Waals surface area contributed by atoms with E-state index in [1.807, 2.05) is 0 Å². The average molecular weight is 172 g/mol. The molecule has 5 nitrogen and oxygen atoms in total. The third kappa shape index (κ3) is 2.60. The molecule has 1 rings (SSSR count). The lowest BCUT2D eigenvalue weighted by Gasteiger charge is -2.22. The second kappa shape index (κ2) is 4.18. The zero-order chi connectivity index (χ0) is 8.97. The summed E-state index contributed by atoms with van der Waals surface area (Å²) in [6.45, 7) is 1.98. The Labute approximate surface area is 70.2 Å². The van der Waals surface area contributed by atoms with E-state index in [1.54, 1.807) is 0 Å². The van der Waals surface area contributed by atoms with E-state index in [2.05, 4.69) is 5.32 Å². The van der Waals surface area contributed by atoms with Gasteiger partial charge in [-0.25, -0.2) is 0 Å². The first-order valence-corrected chi connectivity index (χ1v) is 3.85. The number of rotatable bonds is 3. The number of ketones is 1. The molecule has 0 aromatic heterocycles. The highest BCUT2D eigenvalue weighted by atomic mass is 16.5. The van der Waals surface area contributed by atoms with Crippen molar-refractivity contribution in [2.45, 2.75) is 12.5 Å². The molecule has 0 bridgehead atoms. The molecule has 1 aliphatic heterocycles. The molecule has 12 heavy (non-hydrogen) atoms. The van der Waals surface area contributed by atoms with Crippen LogP contribution in [0.3, 0.4) is 0 Å². The fourth-order valence-electron chi connectivity index (χ4n) is 1.06. The molecular formula is C7H12N2O3. The van der Waals surface area contributed by atoms with E-state index in [4.69, 9.17) is 10.5 Å². The van der Waals surface area contributed by atoms with Crippen LogP contribution in [0.1, 0.15) is 6.42 Å². The molecule has 1 amide bonds. The zero-order valence-electron chi connectivity index (χ0n) is 6.71. The Morgan fingerprint density at radius 2 is 2.33 bits per heavy atom. The second-order valence-electron chi connectivity index (χ2n) is 2.69. The van der Waals surface area contributed by atoms with Crippen LogP contribution in [0.4, 0.5) is 0 Å². The van der Waals surface area contributed by atoms with Gasteiger partial charge in [-0.3, -0.25) is 9.59 Å². The Balaban J connectivity index is 2.29. The van der Waals surface area contributed by atoms with Crippen LogP contribution in [0.2, 0.25) is 0 Å². The molecule has 3 N–H and O–H groups in total. The SMILES string of the molecule is NC(=O)C(=O)CC1CNCCO1. The minimum Gasteiger partial charge on any atom is -0.375 e. The molecule has 1 atom stereocenters. The topological polar surface area (TPSA) is 81.4 Å². The lowest BCUT2D eigenvalue weighted by atomic mass is 10.1. The number of hydrogen-bond donors (Lipinski definition) is 2.